The Balaban J connectivity index is 1.42. The van der Waals surface area contributed by atoms with Crippen molar-refractivity contribution in [3.05, 3.63) is 42.2 Å². The molecule has 1 spiro atoms. The minimum atomic E-state index is -0.462. The fourth-order valence-electron chi connectivity index (χ4n) is 4.86. The summed E-state index contributed by atoms with van der Waals surface area (Å²) in [6.45, 7) is 0. The number of hydrogen-bond acceptors (Lipinski definition) is 4. The van der Waals surface area contributed by atoms with Crippen LogP contribution in [0.3, 0.4) is 0 Å². The van der Waals surface area contributed by atoms with E-state index in [9.17, 15) is 14.4 Å². The zero-order chi connectivity index (χ0) is 15.8. The van der Waals surface area contributed by atoms with Crippen LogP contribution in [0, 0.1) is 29.1 Å². The van der Waals surface area contributed by atoms with Gasteiger partial charge in [0.2, 0.25) is 0 Å². The number of nitrogens with zero attached hydrogens (tertiary/aromatic N) is 2. The van der Waals surface area contributed by atoms with Crippen molar-refractivity contribution in [1.82, 2.24) is 15.4 Å². The maximum atomic E-state index is 12.7. The molecule has 1 N–H and O–H groups in total. The normalized spacial score (nSPS) is 35.0. The zero-order valence-corrected chi connectivity index (χ0v) is 12.3. The number of pyridine rings is 1. The lowest BCUT2D eigenvalue weighted by Crippen LogP contribution is -2.47. The molecule has 1 saturated heterocycles. The fourth-order valence-corrected chi connectivity index (χ4v) is 4.86. The molecule has 23 heavy (non-hydrogen) atoms. The van der Waals surface area contributed by atoms with Crippen LogP contribution in [0.2, 0.25) is 0 Å². The van der Waals surface area contributed by atoms with E-state index in [4.69, 9.17) is 0 Å². The van der Waals surface area contributed by atoms with E-state index in [-0.39, 0.29) is 40.9 Å². The van der Waals surface area contributed by atoms with Crippen LogP contribution in [-0.2, 0) is 9.59 Å². The van der Waals surface area contributed by atoms with Gasteiger partial charge in [-0.3, -0.25) is 24.8 Å². The van der Waals surface area contributed by atoms with Crippen LogP contribution in [-0.4, -0.2) is 27.7 Å². The first-order valence-electron chi connectivity index (χ1n) is 7.91. The van der Waals surface area contributed by atoms with Crippen molar-refractivity contribution < 1.29 is 14.4 Å². The zero-order valence-electron chi connectivity index (χ0n) is 12.3. The van der Waals surface area contributed by atoms with Gasteiger partial charge in [-0.05, 0) is 42.2 Å². The van der Waals surface area contributed by atoms with Crippen molar-refractivity contribution >= 4 is 17.7 Å². The van der Waals surface area contributed by atoms with Crippen molar-refractivity contribution in [3.8, 4) is 0 Å². The molecule has 6 nitrogen and oxygen atoms in total. The monoisotopic (exact) mass is 309 g/mol. The van der Waals surface area contributed by atoms with E-state index in [1.165, 1.54) is 12.4 Å². The van der Waals surface area contributed by atoms with Crippen molar-refractivity contribution in [3.63, 3.8) is 0 Å². The van der Waals surface area contributed by atoms with E-state index in [0.29, 0.717) is 5.56 Å². The van der Waals surface area contributed by atoms with Gasteiger partial charge in [0.25, 0.3) is 17.7 Å². The summed E-state index contributed by atoms with van der Waals surface area (Å²) in [7, 11) is 0. The molecule has 4 aliphatic rings. The van der Waals surface area contributed by atoms with Crippen LogP contribution in [0.25, 0.3) is 0 Å². The van der Waals surface area contributed by atoms with Crippen LogP contribution in [0.5, 0.6) is 0 Å². The summed E-state index contributed by atoms with van der Waals surface area (Å²) in [6.07, 6.45) is 9.42. The van der Waals surface area contributed by atoms with Gasteiger partial charge in [-0.15, -0.1) is 0 Å². The topological polar surface area (TPSA) is 79.4 Å². The Morgan fingerprint density at radius 2 is 1.65 bits per heavy atom. The van der Waals surface area contributed by atoms with E-state index < -0.39 is 5.91 Å². The van der Waals surface area contributed by atoms with Crippen LogP contribution in [0.4, 0.5) is 0 Å². The quantitative estimate of drug-likeness (QED) is 0.651. The second-order valence-corrected chi connectivity index (χ2v) is 6.91. The Kier molecular flexibility index (Phi) is 2.30. The third kappa shape index (κ3) is 1.48. The van der Waals surface area contributed by atoms with Gasteiger partial charge in [0, 0.05) is 18.0 Å². The van der Waals surface area contributed by atoms with Crippen molar-refractivity contribution in [2.45, 2.75) is 12.8 Å². The molecule has 3 amide bonds. The molecule has 3 fully saturated rings. The first kappa shape index (κ1) is 13.0. The van der Waals surface area contributed by atoms with Crippen molar-refractivity contribution in [1.29, 1.82) is 0 Å². The Hall–Kier alpha value is -2.50. The minimum absolute atomic E-state index is 0.164. The summed E-state index contributed by atoms with van der Waals surface area (Å²) in [4.78, 5) is 41.5. The van der Waals surface area contributed by atoms with Gasteiger partial charge in [-0.2, -0.15) is 5.01 Å². The second kappa shape index (κ2) is 4.07. The van der Waals surface area contributed by atoms with Gasteiger partial charge in [-0.25, -0.2) is 0 Å². The summed E-state index contributed by atoms with van der Waals surface area (Å²) in [5, 5.41) is 0.945. The molecular formula is C17H15N3O3. The van der Waals surface area contributed by atoms with Crippen LogP contribution in [0.1, 0.15) is 23.2 Å². The molecule has 2 bridgehead atoms. The lowest BCUT2D eigenvalue weighted by Gasteiger charge is -2.21. The minimum Gasteiger partial charge on any atom is -0.272 e. The Morgan fingerprint density at radius 1 is 1.09 bits per heavy atom. The molecule has 6 heteroatoms. The number of amides is 3. The van der Waals surface area contributed by atoms with Gasteiger partial charge in [0.15, 0.2) is 0 Å². The molecule has 0 radical (unpaired) electrons. The smallest absolute Gasteiger partial charge is 0.270 e. The van der Waals surface area contributed by atoms with Gasteiger partial charge in [0.05, 0.1) is 11.8 Å². The predicted octanol–water partition coefficient (Wildman–Crippen LogP) is 0.924. The maximum absolute atomic E-state index is 12.7. The molecule has 2 heterocycles. The number of allylic oxidation sites excluding steroid dienone is 2. The number of hydrogen-bond donors (Lipinski definition) is 1. The highest BCUT2D eigenvalue weighted by molar-refractivity contribution is 6.09. The average Bonchev–Trinajstić information content (AvgIpc) is 3.18. The van der Waals surface area contributed by atoms with Crippen LogP contribution >= 0.6 is 0 Å². The average molecular weight is 309 g/mol. The molecule has 3 aliphatic carbocycles. The van der Waals surface area contributed by atoms with E-state index in [1.807, 2.05) is 0 Å². The standard InChI is InChI=1S/C17H15N3O3/c21-14(9-3-7-18-8-4-9)19-20-15(22)12-10-1-2-11(13(12)16(20)23)17(10)5-6-17/h1-4,7-8,10-13H,5-6H2,(H,19,21)/t10-,11-,12+,13+/m1/s1. The molecule has 4 atom stereocenters. The molecule has 116 valence electrons. The molecular weight excluding hydrogens is 294 g/mol. The van der Waals surface area contributed by atoms with Gasteiger partial charge in [-0.1, -0.05) is 12.2 Å². The first-order valence-corrected chi connectivity index (χ1v) is 7.91. The number of fused-ring (bicyclic) bond motifs is 3. The molecule has 0 aromatic carbocycles. The molecule has 1 aromatic heterocycles. The Bertz CT molecular complexity index is 735. The lowest BCUT2D eigenvalue weighted by atomic mass is 9.85. The highest BCUT2D eigenvalue weighted by atomic mass is 16.2. The van der Waals surface area contributed by atoms with Gasteiger partial charge >= 0.3 is 0 Å². The number of hydrazine groups is 1. The maximum Gasteiger partial charge on any atom is 0.270 e. The second-order valence-electron chi connectivity index (χ2n) is 6.91. The van der Waals surface area contributed by atoms with Crippen LogP contribution in [0.15, 0.2) is 36.7 Å². The number of nitrogens with one attached hydrogen (secondary N) is 1. The van der Waals surface area contributed by atoms with E-state index in [1.54, 1.807) is 12.1 Å². The van der Waals surface area contributed by atoms with E-state index >= 15 is 0 Å². The molecule has 1 aliphatic heterocycles. The summed E-state index contributed by atoms with van der Waals surface area (Å²) in [5.41, 5.74) is 3.02. The van der Waals surface area contributed by atoms with E-state index in [2.05, 4.69) is 22.6 Å². The number of rotatable bonds is 2. The third-order valence-electron chi connectivity index (χ3n) is 6.01. The molecule has 2 saturated carbocycles. The van der Waals surface area contributed by atoms with Crippen LogP contribution < -0.4 is 5.43 Å². The van der Waals surface area contributed by atoms with Crippen molar-refractivity contribution in [2.24, 2.45) is 29.1 Å². The summed E-state index contributed by atoms with van der Waals surface area (Å²) in [6, 6.07) is 3.09. The number of carbonyl (C=O) groups excluding carboxylic acids is 3. The largest absolute Gasteiger partial charge is 0.272 e. The van der Waals surface area contributed by atoms with Gasteiger partial charge in [0.1, 0.15) is 0 Å². The summed E-state index contributed by atoms with van der Waals surface area (Å²) >= 11 is 0. The highest BCUT2D eigenvalue weighted by Crippen LogP contribution is 2.73. The summed E-state index contributed by atoms with van der Waals surface area (Å²) < 4.78 is 0. The molecule has 0 unspecified atom stereocenters. The molecule has 5 rings (SSSR count). The number of imide groups is 1. The van der Waals surface area contributed by atoms with Crippen molar-refractivity contribution in [2.75, 3.05) is 0 Å². The lowest BCUT2D eigenvalue weighted by molar-refractivity contribution is -0.144. The first-order chi connectivity index (χ1) is 11.1. The third-order valence-corrected chi connectivity index (χ3v) is 6.01. The molecule has 1 aromatic rings. The number of aromatic nitrogens is 1. The predicted molar refractivity (Wildman–Crippen MR) is 78.3 cm³/mol. The Morgan fingerprint density at radius 3 is 2.17 bits per heavy atom. The summed E-state index contributed by atoms with van der Waals surface area (Å²) in [5.74, 6) is -1.24. The number of carbonyl (C=O) groups is 3. The highest BCUT2D eigenvalue weighted by Gasteiger charge is 2.73. The fraction of sp³-hybridized carbons (Fsp3) is 0.412. The Labute approximate surface area is 132 Å². The SMILES string of the molecule is O=C(NN1C(=O)[C@@H]2[C@@H](C1=O)[C@H]1C=C[C@H]2C12CC2)c1ccncc1. The van der Waals surface area contributed by atoms with Gasteiger partial charge < -0.3 is 0 Å². The van der Waals surface area contributed by atoms with E-state index in [0.717, 1.165) is 17.9 Å².